The van der Waals surface area contributed by atoms with Crippen LogP contribution in [0.2, 0.25) is 10.0 Å². The van der Waals surface area contributed by atoms with Crippen LogP contribution in [-0.4, -0.2) is 19.6 Å². The molecule has 0 saturated carbocycles. The number of methoxy groups -OCH3 is 1. The predicted octanol–water partition coefficient (Wildman–Crippen LogP) is 5.11. The lowest BCUT2D eigenvalue weighted by atomic mass is 10.1. The maximum atomic E-state index is 12.4. The molecule has 0 radical (unpaired) electrons. The summed E-state index contributed by atoms with van der Waals surface area (Å²) in [6.45, 7) is 3.84. The molecular weight excluding hydrogens is 387 g/mol. The molecule has 2 rings (SSSR count). The van der Waals surface area contributed by atoms with Crippen molar-refractivity contribution in [2.75, 3.05) is 19.0 Å². The number of benzene rings is 2. The summed E-state index contributed by atoms with van der Waals surface area (Å²) < 4.78 is 10.8. The highest BCUT2D eigenvalue weighted by atomic mass is 35.5. The van der Waals surface area contributed by atoms with Gasteiger partial charge in [0.1, 0.15) is 18.2 Å². The van der Waals surface area contributed by atoms with E-state index >= 15 is 0 Å². The van der Waals surface area contributed by atoms with E-state index in [4.69, 9.17) is 32.7 Å². The van der Waals surface area contributed by atoms with Crippen LogP contribution in [0.3, 0.4) is 0 Å². The first-order valence-corrected chi connectivity index (χ1v) is 8.54. The summed E-state index contributed by atoms with van der Waals surface area (Å²) in [6, 6.07) is 11.8. The Kier molecular flexibility index (Phi) is 7.30. The summed E-state index contributed by atoms with van der Waals surface area (Å²) in [6.07, 6.45) is 2.98. The van der Waals surface area contributed by atoms with Gasteiger partial charge in [0, 0.05) is 0 Å². The first-order chi connectivity index (χ1) is 13.0. The molecule has 0 aliphatic rings. The van der Waals surface area contributed by atoms with Gasteiger partial charge >= 0.3 is 0 Å². The Bertz CT molecular complexity index is 933. The van der Waals surface area contributed by atoms with Crippen LogP contribution in [0.5, 0.6) is 11.5 Å². The molecule has 2 aromatic carbocycles. The molecule has 0 saturated heterocycles. The van der Waals surface area contributed by atoms with Crippen LogP contribution in [0.25, 0.3) is 6.08 Å². The Hall–Kier alpha value is -2.94. The van der Waals surface area contributed by atoms with E-state index in [0.29, 0.717) is 27.8 Å². The second kappa shape index (κ2) is 9.67. The molecular formula is C20H16Cl2N2O3. The number of carbonyl (C=O) groups excluding carboxylic acids is 1. The van der Waals surface area contributed by atoms with Gasteiger partial charge in [0.15, 0.2) is 11.5 Å². The molecule has 5 nitrogen and oxygen atoms in total. The van der Waals surface area contributed by atoms with Gasteiger partial charge in [-0.3, -0.25) is 4.79 Å². The van der Waals surface area contributed by atoms with Gasteiger partial charge in [0.05, 0.1) is 22.8 Å². The zero-order chi connectivity index (χ0) is 19.8. The number of halogens is 2. The molecule has 0 aliphatic heterocycles. The lowest BCUT2D eigenvalue weighted by Crippen LogP contribution is -2.13. The van der Waals surface area contributed by atoms with E-state index in [1.54, 1.807) is 42.5 Å². The fraction of sp³-hybridized carbons (Fsp3) is 0.100. The normalized spacial score (nSPS) is 10.7. The highest BCUT2D eigenvalue weighted by molar-refractivity contribution is 6.34. The number of anilines is 1. The Morgan fingerprint density at radius 3 is 2.67 bits per heavy atom. The number of ether oxygens (including phenoxy) is 2. The lowest BCUT2D eigenvalue weighted by molar-refractivity contribution is -0.112. The number of nitriles is 1. The van der Waals surface area contributed by atoms with Gasteiger partial charge in [-0.15, -0.1) is 0 Å². The molecule has 0 unspecified atom stereocenters. The Morgan fingerprint density at radius 1 is 1.30 bits per heavy atom. The smallest absolute Gasteiger partial charge is 0.266 e. The van der Waals surface area contributed by atoms with Gasteiger partial charge in [0.25, 0.3) is 5.91 Å². The maximum absolute atomic E-state index is 12.4. The number of para-hydroxylation sites is 1. The van der Waals surface area contributed by atoms with Crippen LogP contribution in [0.4, 0.5) is 5.69 Å². The van der Waals surface area contributed by atoms with Crippen molar-refractivity contribution in [1.82, 2.24) is 0 Å². The van der Waals surface area contributed by atoms with E-state index in [-0.39, 0.29) is 17.2 Å². The molecule has 2 aromatic rings. The van der Waals surface area contributed by atoms with Crippen LogP contribution in [0.1, 0.15) is 5.56 Å². The van der Waals surface area contributed by atoms with Gasteiger partial charge in [-0.2, -0.15) is 5.26 Å². The lowest BCUT2D eigenvalue weighted by Gasteiger charge is -2.12. The molecule has 0 atom stereocenters. The Labute approximate surface area is 167 Å². The van der Waals surface area contributed by atoms with Crippen LogP contribution in [-0.2, 0) is 4.79 Å². The minimum Gasteiger partial charge on any atom is -0.493 e. The van der Waals surface area contributed by atoms with Crippen molar-refractivity contribution in [3.05, 3.63) is 70.2 Å². The number of nitrogens with zero attached hydrogens (tertiary/aromatic N) is 1. The van der Waals surface area contributed by atoms with Crippen molar-refractivity contribution in [2.45, 2.75) is 0 Å². The van der Waals surface area contributed by atoms with Gasteiger partial charge in [-0.1, -0.05) is 48.0 Å². The standard InChI is InChI=1S/C20H16Cl2N2O3/c1-3-8-27-19-16(22)10-13(11-18(19)26-2)9-14(12-23)20(25)24-17-7-5-4-6-15(17)21/h3-7,9-11H,1,8H2,2H3,(H,24,25)/b14-9+. The van der Waals surface area contributed by atoms with Crippen LogP contribution < -0.4 is 14.8 Å². The average molecular weight is 403 g/mol. The Balaban J connectivity index is 2.33. The summed E-state index contributed by atoms with van der Waals surface area (Å²) in [5.74, 6) is 0.141. The fourth-order valence-electron chi connectivity index (χ4n) is 2.17. The first kappa shape index (κ1) is 20.4. The molecule has 0 heterocycles. The fourth-order valence-corrected chi connectivity index (χ4v) is 2.63. The summed E-state index contributed by atoms with van der Waals surface area (Å²) >= 11 is 12.3. The molecule has 0 bridgehead atoms. The van der Waals surface area contributed by atoms with E-state index < -0.39 is 5.91 Å². The van der Waals surface area contributed by atoms with Crippen molar-refractivity contribution in [3.8, 4) is 17.6 Å². The van der Waals surface area contributed by atoms with Crippen LogP contribution in [0.15, 0.2) is 54.6 Å². The third-order valence-electron chi connectivity index (χ3n) is 3.40. The third kappa shape index (κ3) is 5.27. The van der Waals surface area contributed by atoms with E-state index in [2.05, 4.69) is 11.9 Å². The van der Waals surface area contributed by atoms with Crippen molar-refractivity contribution in [1.29, 1.82) is 5.26 Å². The minimum atomic E-state index is -0.590. The van der Waals surface area contributed by atoms with Gasteiger partial charge in [0.2, 0.25) is 0 Å². The topological polar surface area (TPSA) is 71.3 Å². The van der Waals surface area contributed by atoms with E-state index in [1.165, 1.54) is 13.2 Å². The molecule has 0 aromatic heterocycles. The molecule has 1 N–H and O–H groups in total. The number of nitrogens with one attached hydrogen (secondary N) is 1. The Morgan fingerprint density at radius 2 is 2.04 bits per heavy atom. The van der Waals surface area contributed by atoms with Gasteiger partial charge in [-0.25, -0.2) is 0 Å². The summed E-state index contributed by atoms with van der Waals surface area (Å²) in [4.78, 5) is 12.4. The molecule has 1 amide bonds. The van der Waals surface area contributed by atoms with Crippen molar-refractivity contribution >= 4 is 40.9 Å². The van der Waals surface area contributed by atoms with Crippen LogP contribution in [0, 0.1) is 11.3 Å². The second-order valence-corrected chi connectivity index (χ2v) is 6.05. The van der Waals surface area contributed by atoms with Crippen LogP contribution >= 0.6 is 23.2 Å². The first-order valence-electron chi connectivity index (χ1n) is 7.79. The molecule has 0 fully saturated rings. The van der Waals surface area contributed by atoms with Gasteiger partial charge < -0.3 is 14.8 Å². The van der Waals surface area contributed by atoms with Crippen molar-refractivity contribution in [3.63, 3.8) is 0 Å². The predicted molar refractivity (Wildman–Crippen MR) is 107 cm³/mol. The SMILES string of the molecule is C=CCOc1c(Cl)cc(/C=C(\C#N)C(=O)Nc2ccccc2Cl)cc1OC. The zero-order valence-corrected chi connectivity index (χ0v) is 16.0. The summed E-state index contributed by atoms with van der Waals surface area (Å²) in [7, 11) is 1.47. The molecule has 0 spiro atoms. The van der Waals surface area contributed by atoms with E-state index in [1.807, 2.05) is 6.07 Å². The molecule has 138 valence electrons. The number of rotatable bonds is 7. The number of amides is 1. The third-order valence-corrected chi connectivity index (χ3v) is 4.01. The monoisotopic (exact) mass is 402 g/mol. The summed E-state index contributed by atoms with van der Waals surface area (Å²) in [5, 5.41) is 12.6. The minimum absolute atomic E-state index is 0.118. The molecule has 7 heteroatoms. The molecule has 0 aliphatic carbocycles. The highest BCUT2D eigenvalue weighted by Crippen LogP contribution is 2.37. The summed E-state index contributed by atoms with van der Waals surface area (Å²) in [5.41, 5.74) is 0.801. The highest BCUT2D eigenvalue weighted by Gasteiger charge is 2.14. The number of hydrogen-bond donors (Lipinski definition) is 1. The van der Waals surface area contributed by atoms with Crippen molar-refractivity contribution < 1.29 is 14.3 Å². The van der Waals surface area contributed by atoms with Gasteiger partial charge in [-0.05, 0) is 35.9 Å². The van der Waals surface area contributed by atoms with Crippen molar-refractivity contribution in [2.24, 2.45) is 0 Å². The van der Waals surface area contributed by atoms with E-state index in [9.17, 15) is 10.1 Å². The average Bonchev–Trinajstić information content (AvgIpc) is 2.66. The maximum Gasteiger partial charge on any atom is 0.266 e. The molecule has 27 heavy (non-hydrogen) atoms. The van der Waals surface area contributed by atoms with E-state index in [0.717, 1.165) is 0 Å². The largest absolute Gasteiger partial charge is 0.493 e. The quantitative estimate of drug-likeness (QED) is 0.396. The number of carbonyl (C=O) groups is 1. The number of hydrogen-bond acceptors (Lipinski definition) is 4. The zero-order valence-electron chi connectivity index (χ0n) is 14.5. The second-order valence-electron chi connectivity index (χ2n) is 5.24.